The third-order valence-corrected chi connectivity index (χ3v) is 3.36. The van der Waals surface area contributed by atoms with Crippen molar-refractivity contribution in [1.29, 1.82) is 5.26 Å². The number of halogens is 1. The summed E-state index contributed by atoms with van der Waals surface area (Å²) in [6.07, 6.45) is 4.58. The molecule has 1 aliphatic carbocycles. The minimum atomic E-state index is 0.239. The van der Waals surface area contributed by atoms with E-state index in [1.54, 1.807) is 6.20 Å². The van der Waals surface area contributed by atoms with Crippen LogP contribution in [0, 0.1) is 11.3 Å². The van der Waals surface area contributed by atoms with Crippen molar-refractivity contribution in [2.45, 2.75) is 19.3 Å². The van der Waals surface area contributed by atoms with Crippen LogP contribution in [0.25, 0.3) is 5.82 Å². The summed E-state index contributed by atoms with van der Waals surface area (Å²) in [5.41, 5.74) is 8.29. The molecule has 2 aromatic rings. The zero-order chi connectivity index (χ0) is 12.7. The Hall–Kier alpha value is -2.06. The molecule has 0 aromatic carbocycles. The second kappa shape index (κ2) is 4.00. The predicted molar refractivity (Wildman–Crippen MR) is 67.5 cm³/mol. The van der Waals surface area contributed by atoms with E-state index in [4.69, 9.17) is 17.3 Å². The molecule has 1 aliphatic rings. The van der Waals surface area contributed by atoms with Crippen molar-refractivity contribution < 1.29 is 0 Å². The summed E-state index contributed by atoms with van der Waals surface area (Å²) in [6, 6.07) is 4.03. The van der Waals surface area contributed by atoms with Crippen LogP contribution in [0.15, 0.2) is 12.3 Å². The molecule has 2 heterocycles. The SMILES string of the molecule is N#Cc1cc2c(nc1-n1cc(Cl)c(N)n1)CCC2. The molecule has 0 radical (unpaired) electrons. The number of hydrogen-bond acceptors (Lipinski definition) is 4. The van der Waals surface area contributed by atoms with Crippen molar-refractivity contribution in [1.82, 2.24) is 14.8 Å². The summed E-state index contributed by atoms with van der Waals surface area (Å²) in [5, 5.41) is 13.6. The number of aromatic nitrogens is 3. The number of hydrogen-bond donors (Lipinski definition) is 1. The highest BCUT2D eigenvalue weighted by atomic mass is 35.5. The quantitative estimate of drug-likeness (QED) is 0.848. The van der Waals surface area contributed by atoms with Crippen LogP contribution < -0.4 is 5.73 Å². The Balaban J connectivity index is 2.20. The van der Waals surface area contributed by atoms with E-state index in [1.807, 2.05) is 6.07 Å². The Morgan fingerprint density at radius 2 is 2.28 bits per heavy atom. The largest absolute Gasteiger partial charge is 0.381 e. The van der Waals surface area contributed by atoms with Crippen molar-refractivity contribution in [2.24, 2.45) is 0 Å². The van der Waals surface area contributed by atoms with Crippen LogP contribution in [0.5, 0.6) is 0 Å². The number of nitrogen functional groups attached to an aromatic ring is 1. The third kappa shape index (κ3) is 1.62. The standard InChI is InChI=1S/C12H10ClN5/c13-9-6-18(17-11(9)15)12-8(5-14)4-7-2-1-3-10(7)16-12/h4,6H,1-3H2,(H2,15,17). The molecule has 5 nitrogen and oxygen atoms in total. The first-order chi connectivity index (χ1) is 8.69. The van der Waals surface area contributed by atoms with E-state index in [0.717, 1.165) is 30.5 Å². The Morgan fingerprint density at radius 1 is 1.44 bits per heavy atom. The molecule has 0 saturated heterocycles. The zero-order valence-corrected chi connectivity index (χ0v) is 10.3. The van der Waals surface area contributed by atoms with Crippen molar-refractivity contribution in [3.8, 4) is 11.9 Å². The maximum atomic E-state index is 9.19. The number of nitriles is 1. The molecule has 0 aliphatic heterocycles. The highest BCUT2D eigenvalue weighted by Gasteiger charge is 2.18. The molecule has 18 heavy (non-hydrogen) atoms. The number of pyridine rings is 1. The molecule has 2 N–H and O–H groups in total. The summed E-state index contributed by atoms with van der Waals surface area (Å²) >= 11 is 5.87. The first-order valence-corrected chi connectivity index (χ1v) is 6.00. The van der Waals surface area contributed by atoms with Gasteiger partial charge in [-0.05, 0) is 30.9 Å². The highest BCUT2D eigenvalue weighted by Crippen LogP contribution is 2.25. The molecule has 0 unspecified atom stereocenters. The molecule has 0 bridgehead atoms. The first-order valence-electron chi connectivity index (χ1n) is 5.63. The molecule has 0 saturated carbocycles. The topological polar surface area (TPSA) is 80.5 Å². The van der Waals surface area contributed by atoms with E-state index in [1.165, 1.54) is 4.68 Å². The lowest BCUT2D eigenvalue weighted by Crippen LogP contribution is -2.05. The summed E-state index contributed by atoms with van der Waals surface area (Å²) in [4.78, 5) is 4.51. The van der Waals surface area contributed by atoms with E-state index in [2.05, 4.69) is 16.2 Å². The Labute approximate surface area is 109 Å². The van der Waals surface area contributed by atoms with Crippen molar-refractivity contribution >= 4 is 17.4 Å². The van der Waals surface area contributed by atoms with Gasteiger partial charge in [0.05, 0.1) is 11.8 Å². The van der Waals surface area contributed by atoms with Crippen LogP contribution >= 0.6 is 11.6 Å². The van der Waals surface area contributed by atoms with E-state index < -0.39 is 0 Å². The lowest BCUT2D eigenvalue weighted by molar-refractivity contribution is 0.831. The van der Waals surface area contributed by atoms with Gasteiger partial charge in [0.25, 0.3) is 0 Å². The molecule has 2 aromatic heterocycles. The number of aryl methyl sites for hydroxylation is 2. The minimum Gasteiger partial charge on any atom is -0.381 e. The van der Waals surface area contributed by atoms with E-state index in [0.29, 0.717) is 16.4 Å². The Bertz CT molecular complexity index is 648. The smallest absolute Gasteiger partial charge is 0.171 e. The molecule has 0 spiro atoms. The fourth-order valence-electron chi connectivity index (χ4n) is 2.19. The van der Waals surface area contributed by atoms with Crippen LogP contribution in [0.2, 0.25) is 5.02 Å². The van der Waals surface area contributed by atoms with Crippen LogP contribution in [-0.4, -0.2) is 14.8 Å². The van der Waals surface area contributed by atoms with Gasteiger partial charge >= 0.3 is 0 Å². The van der Waals surface area contributed by atoms with E-state index in [9.17, 15) is 5.26 Å². The lowest BCUT2D eigenvalue weighted by atomic mass is 10.1. The monoisotopic (exact) mass is 259 g/mol. The van der Waals surface area contributed by atoms with Crippen LogP contribution in [0.4, 0.5) is 5.82 Å². The molecule has 6 heteroatoms. The number of anilines is 1. The highest BCUT2D eigenvalue weighted by molar-refractivity contribution is 6.32. The average Bonchev–Trinajstić information content (AvgIpc) is 2.94. The number of nitrogens with two attached hydrogens (primary N) is 1. The Kier molecular flexibility index (Phi) is 2.46. The number of fused-ring (bicyclic) bond motifs is 1. The maximum Gasteiger partial charge on any atom is 0.171 e. The van der Waals surface area contributed by atoms with Crippen LogP contribution in [0.1, 0.15) is 23.2 Å². The maximum absolute atomic E-state index is 9.19. The fourth-order valence-corrected chi connectivity index (χ4v) is 2.32. The van der Waals surface area contributed by atoms with Crippen molar-refractivity contribution in [2.75, 3.05) is 5.73 Å². The molecule has 90 valence electrons. The normalized spacial score (nSPS) is 13.3. The Morgan fingerprint density at radius 3 is 2.94 bits per heavy atom. The van der Waals surface area contributed by atoms with Crippen molar-refractivity contribution in [3.63, 3.8) is 0 Å². The summed E-state index contributed by atoms with van der Waals surface area (Å²) in [6.45, 7) is 0. The zero-order valence-electron chi connectivity index (χ0n) is 9.52. The minimum absolute atomic E-state index is 0.239. The van der Waals surface area contributed by atoms with E-state index in [-0.39, 0.29) is 5.82 Å². The van der Waals surface area contributed by atoms with Crippen LogP contribution in [0.3, 0.4) is 0 Å². The van der Waals surface area contributed by atoms with Gasteiger partial charge in [-0.1, -0.05) is 11.6 Å². The van der Waals surface area contributed by atoms with Gasteiger partial charge in [0, 0.05) is 5.69 Å². The molecule has 0 fully saturated rings. The fraction of sp³-hybridized carbons (Fsp3) is 0.250. The second-order valence-corrected chi connectivity index (χ2v) is 4.64. The number of nitrogens with zero attached hydrogens (tertiary/aromatic N) is 4. The van der Waals surface area contributed by atoms with Gasteiger partial charge in [-0.25, -0.2) is 9.67 Å². The van der Waals surface area contributed by atoms with Crippen molar-refractivity contribution in [3.05, 3.63) is 34.1 Å². The van der Waals surface area contributed by atoms with Crippen LogP contribution in [-0.2, 0) is 12.8 Å². The van der Waals surface area contributed by atoms with Gasteiger partial charge in [0.2, 0.25) is 0 Å². The average molecular weight is 260 g/mol. The molecule has 0 atom stereocenters. The molecule has 3 rings (SSSR count). The molecular weight excluding hydrogens is 250 g/mol. The number of rotatable bonds is 1. The summed E-state index contributed by atoms with van der Waals surface area (Å²) < 4.78 is 1.47. The van der Waals surface area contributed by atoms with E-state index >= 15 is 0 Å². The van der Waals surface area contributed by atoms with Gasteiger partial charge in [-0.2, -0.15) is 5.26 Å². The van der Waals surface area contributed by atoms with Gasteiger partial charge in [-0.15, -0.1) is 5.10 Å². The summed E-state index contributed by atoms with van der Waals surface area (Å²) in [7, 11) is 0. The molecular formula is C12H10ClN5. The first kappa shape index (κ1) is 11.1. The third-order valence-electron chi connectivity index (χ3n) is 3.06. The molecule has 0 amide bonds. The lowest BCUT2D eigenvalue weighted by Gasteiger charge is -2.06. The van der Waals surface area contributed by atoms with Gasteiger partial charge in [0.1, 0.15) is 11.1 Å². The predicted octanol–water partition coefficient (Wildman–Crippen LogP) is 1.86. The van der Waals surface area contributed by atoms with Gasteiger partial charge < -0.3 is 5.73 Å². The van der Waals surface area contributed by atoms with Gasteiger partial charge in [0.15, 0.2) is 11.6 Å². The summed E-state index contributed by atoms with van der Waals surface area (Å²) in [5.74, 6) is 0.736. The second-order valence-electron chi connectivity index (χ2n) is 4.24. The van der Waals surface area contributed by atoms with Gasteiger partial charge in [-0.3, -0.25) is 0 Å².